The summed E-state index contributed by atoms with van der Waals surface area (Å²) < 4.78 is 11.6. The fourth-order valence-electron chi connectivity index (χ4n) is 3.33. The molecule has 3 aromatic carbocycles. The van der Waals surface area contributed by atoms with E-state index in [2.05, 4.69) is 26.6 Å². The van der Waals surface area contributed by atoms with E-state index < -0.39 is 18.5 Å². The van der Waals surface area contributed by atoms with Crippen molar-refractivity contribution in [1.29, 1.82) is 0 Å². The summed E-state index contributed by atoms with van der Waals surface area (Å²) in [5.74, 6) is 0.151. The van der Waals surface area contributed by atoms with Crippen molar-refractivity contribution in [3.63, 3.8) is 0 Å². The number of carbonyl (C=O) groups excluding carboxylic acids is 3. The molecule has 0 atom stereocenters. The first kappa shape index (κ1) is 28.2. The van der Waals surface area contributed by atoms with Gasteiger partial charge in [-0.15, -0.1) is 0 Å². The molecule has 9 heteroatoms. The zero-order valence-electron chi connectivity index (χ0n) is 20.8. The molecule has 0 radical (unpaired) electrons. The number of aryl methyl sites for hydroxylation is 2. The number of carbonyl (C=O) groups is 3. The molecule has 0 bridgehead atoms. The van der Waals surface area contributed by atoms with E-state index in [-0.39, 0.29) is 18.7 Å². The summed E-state index contributed by atoms with van der Waals surface area (Å²) in [5, 5.41) is 5.95. The number of esters is 1. The fraction of sp³-hybridized carbons (Fsp3) is 0.250. The van der Waals surface area contributed by atoms with Crippen molar-refractivity contribution in [2.75, 3.05) is 17.2 Å². The Hall–Kier alpha value is -3.36. The largest absolute Gasteiger partial charge is 0.457 e. The topological polar surface area (TPSA) is 93.7 Å². The van der Waals surface area contributed by atoms with Gasteiger partial charge in [0.2, 0.25) is 5.91 Å². The predicted octanol–water partition coefficient (Wildman–Crippen LogP) is 7.11. The number of rotatable bonds is 10. The Morgan fingerprint density at radius 1 is 0.838 bits per heavy atom. The Labute approximate surface area is 229 Å². The average Bonchev–Trinajstić information content (AvgIpc) is 2.86. The Balaban J connectivity index is 1.35. The first-order chi connectivity index (χ1) is 17.6. The standard InChI is InChI=1S/C28H28BrClN2O5/c1-17-7-10-22(15-18(17)2)37-21-11-8-20(9-12-21)31-25(33)5-4-6-27(35)36-16-26(34)32-24-14-13-23(29)28(30)19(24)3/h7-15H,4-6,16H2,1-3H3,(H,31,33)(H,32,34). The van der Waals surface area contributed by atoms with Crippen LogP contribution in [0, 0.1) is 20.8 Å². The van der Waals surface area contributed by atoms with Crippen molar-refractivity contribution in [3.05, 3.63) is 80.8 Å². The van der Waals surface area contributed by atoms with Gasteiger partial charge in [0.1, 0.15) is 11.5 Å². The summed E-state index contributed by atoms with van der Waals surface area (Å²) in [5.41, 5.74) is 4.21. The molecule has 0 aromatic heterocycles. The van der Waals surface area contributed by atoms with Crippen LogP contribution >= 0.6 is 27.5 Å². The van der Waals surface area contributed by atoms with E-state index in [9.17, 15) is 14.4 Å². The van der Waals surface area contributed by atoms with Gasteiger partial charge in [-0.25, -0.2) is 0 Å². The molecule has 3 aromatic rings. The second-order valence-corrected chi connectivity index (χ2v) is 9.75. The molecule has 0 heterocycles. The van der Waals surface area contributed by atoms with Crippen molar-refractivity contribution in [1.82, 2.24) is 0 Å². The quantitative estimate of drug-likeness (QED) is 0.247. The lowest BCUT2D eigenvalue weighted by Gasteiger charge is -2.11. The molecule has 0 aliphatic heterocycles. The molecule has 0 aliphatic rings. The van der Waals surface area contributed by atoms with Crippen LogP contribution in [0.4, 0.5) is 11.4 Å². The van der Waals surface area contributed by atoms with Gasteiger partial charge in [-0.1, -0.05) is 17.7 Å². The van der Waals surface area contributed by atoms with Crippen LogP contribution in [0.3, 0.4) is 0 Å². The molecule has 0 saturated carbocycles. The maximum atomic E-state index is 12.2. The number of nitrogens with one attached hydrogen (secondary N) is 2. The van der Waals surface area contributed by atoms with E-state index in [1.165, 1.54) is 5.56 Å². The van der Waals surface area contributed by atoms with E-state index in [1.54, 1.807) is 43.3 Å². The lowest BCUT2D eigenvalue weighted by molar-refractivity contribution is -0.147. The number of hydrogen-bond acceptors (Lipinski definition) is 5. The summed E-state index contributed by atoms with van der Waals surface area (Å²) >= 11 is 9.47. The molecule has 0 aliphatic carbocycles. The number of halogens is 2. The third kappa shape index (κ3) is 8.61. The van der Waals surface area contributed by atoms with Crippen LogP contribution in [0.1, 0.15) is 36.0 Å². The van der Waals surface area contributed by atoms with Crippen LogP contribution in [0.15, 0.2) is 59.1 Å². The van der Waals surface area contributed by atoms with Gasteiger partial charge >= 0.3 is 5.97 Å². The molecular formula is C28H28BrClN2O5. The zero-order valence-corrected chi connectivity index (χ0v) is 23.2. The summed E-state index contributed by atoms with van der Waals surface area (Å²) in [6, 6.07) is 16.4. The Kier molecular flexibility index (Phi) is 10.1. The van der Waals surface area contributed by atoms with Crippen LogP contribution in [-0.4, -0.2) is 24.4 Å². The average molecular weight is 588 g/mol. The molecule has 0 fully saturated rings. The Morgan fingerprint density at radius 3 is 2.24 bits per heavy atom. The molecule has 3 rings (SSSR count). The van der Waals surface area contributed by atoms with Crippen LogP contribution in [0.2, 0.25) is 5.02 Å². The molecule has 0 unspecified atom stereocenters. The molecule has 2 amide bonds. The van der Waals surface area contributed by atoms with E-state index >= 15 is 0 Å². The highest BCUT2D eigenvalue weighted by atomic mass is 79.9. The van der Waals surface area contributed by atoms with E-state index in [1.807, 2.05) is 32.0 Å². The maximum absolute atomic E-state index is 12.2. The second-order valence-electron chi connectivity index (χ2n) is 8.52. The minimum atomic E-state index is -0.554. The molecular weight excluding hydrogens is 560 g/mol. The molecule has 0 spiro atoms. The van der Waals surface area contributed by atoms with Crippen LogP contribution < -0.4 is 15.4 Å². The van der Waals surface area contributed by atoms with Crippen LogP contribution in [0.5, 0.6) is 11.5 Å². The third-order valence-electron chi connectivity index (χ3n) is 5.61. The number of benzene rings is 3. The normalized spacial score (nSPS) is 10.5. The third-order valence-corrected chi connectivity index (χ3v) is 6.99. The molecule has 37 heavy (non-hydrogen) atoms. The van der Waals surface area contributed by atoms with Crippen molar-refractivity contribution < 1.29 is 23.9 Å². The van der Waals surface area contributed by atoms with Crippen molar-refractivity contribution in [2.24, 2.45) is 0 Å². The zero-order chi connectivity index (χ0) is 26.9. The number of hydrogen-bond donors (Lipinski definition) is 2. The monoisotopic (exact) mass is 586 g/mol. The first-order valence-corrected chi connectivity index (χ1v) is 12.8. The summed E-state index contributed by atoms with van der Waals surface area (Å²) in [4.78, 5) is 36.3. The Bertz CT molecular complexity index is 1290. The summed E-state index contributed by atoms with van der Waals surface area (Å²) in [6.07, 6.45) is 0.451. The molecule has 2 N–H and O–H groups in total. The maximum Gasteiger partial charge on any atom is 0.306 e. The summed E-state index contributed by atoms with van der Waals surface area (Å²) in [7, 11) is 0. The van der Waals surface area contributed by atoms with Gasteiger partial charge in [0, 0.05) is 28.7 Å². The molecule has 7 nitrogen and oxygen atoms in total. The highest BCUT2D eigenvalue weighted by molar-refractivity contribution is 9.10. The molecule has 0 saturated heterocycles. The van der Waals surface area contributed by atoms with Crippen molar-refractivity contribution in [2.45, 2.75) is 40.0 Å². The smallest absolute Gasteiger partial charge is 0.306 e. The first-order valence-electron chi connectivity index (χ1n) is 11.7. The highest BCUT2D eigenvalue weighted by Gasteiger charge is 2.12. The summed E-state index contributed by atoms with van der Waals surface area (Å²) in [6.45, 7) is 5.42. The lowest BCUT2D eigenvalue weighted by Crippen LogP contribution is -2.21. The SMILES string of the molecule is Cc1ccc(Oc2ccc(NC(=O)CCCC(=O)OCC(=O)Nc3ccc(Br)c(Cl)c3C)cc2)cc1C. The van der Waals surface area contributed by atoms with Gasteiger partial charge in [0.05, 0.1) is 5.02 Å². The van der Waals surface area contributed by atoms with Gasteiger partial charge < -0.3 is 20.1 Å². The van der Waals surface area contributed by atoms with Crippen molar-refractivity contribution >= 4 is 56.7 Å². The van der Waals surface area contributed by atoms with E-state index in [0.29, 0.717) is 34.1 Å². The second kappa shape index (κ2) is 13.3. The van der Waals surface area contributed by atoms with Crippen LogP contribution in [0.25, 0.3) is 0 Å². The van der Waals surface area contributed by atoms with E-state index in [0.717, 1.165) is 15.8 Å². The minimum Gasteiger partial charge on any atom is -0.457 e. The number of amides is 2. The van der Waals surface area contributed by atoms with Gasteiger partial charge in [-0.05, 0) is 108 Å². The molecule has 194 valence electrons. The highest BCUT2D eigenvalue weighted by Crippen LogP contribution is 2.31. The lowest BCUT2D eigenvalue weighted by atomic mass is 10.1. The van der Waals surface area contributed by atoms with Gasteiger partial charge in [0.25, 0.3) is 5.91 Å². The van der Waals surface area contributed by atoms with Gasteiger partial charge in [-0.2, -0.15) is 0 Å². The predicted molar refractivity (Wildman–Crippen MR) is 148 cm³/mol. The Morgan fingerprint density at radius 2 is 1.54 bits per heavy atom. The number of ether oxygens (including phenoxy) is 2. The van der Waals surface area contributed by atoms with Crippen LogP contribution in [-0.2, 0) is 19.1 Å². The van der Waals surface area contributed by atoms with Gasteiger partial charge in [0.15, 0.2) is 6.61 Å². The van der Waals surface area contributed by atoms with E-state index in [4.69, 9.17) is 21.1 Å². The minimum absolute atomic E-state index is 0.0204. The van der Waals surface area contributed by atoms with Crippen molar-refractivity contribution in [3.8, 4) is 11.5 Å². The van der Waals surface area contributed by atoms with Gasteiger partial charge in [-0.3, -0.25) is 14.4 Å². The number of anilines is 2. The fourth-order valence-corrected chi connectivity index (χ4v) is 3.92.